The maximum Gasteiger partial charge on any atom is 0.119 e. The van der Waals surface area contributed by atoms with Gasteiger partial charge >= 0.3 is 0 Å². The van der Waals surface area contributed by atoms with E-state index in [4.69, 9.17) is 16.2 Å². The second kappa shape index (κ2) is 7.90. The molecule has 0 unspecified atom stereocenters. The average Bonchev–Trinajstić information content (AvgIpc) is 2.26. The molecule has 0 spiro atoms. The Balaban J connectivity index is 0.00000225. The molecule has 0 saturated carbocycles. The number of nitrogens with two attached hydrogens (primary N) is 2. The van der Waals surface area contributed by atoms with Crippen molar-refractivity contribution in [3.05, 3.63) is 28.2 Å². The van der Waals surface area contributed by atoms with Gasteiger partial charge in [-0.15, -0.1) is 12.4 Å². The molecule has 5 heteroatoms. The molecule has 0 aliphatic heterocycles. The minimum absolute atomic E-state index is 0. The lowest BCUT2D eigenvalue weighted by Crippen LogP contribution is -2.13. The predicted octanol–water partition coefficient (Wildman–Crippen LogP) is 2.62. The maximum atomic E-state index is 6.06. The van der Waals surface area contributed by atoms with Gasteiger partial charge < -0.3 is 16.2 Å². The lowest BCUT2D eigenvalue weighted by atomic mass is 10.0. The number of hydrogen-bond donors (Lipinski definition) is 2. The van der Waals surface area contributed by atoms with Crippen LogP contribution in [-0.2, 0) is 0 Å². The van der Waals surface area contributed by atoms with Crippen LogP contribution in [0, 0.1) is 0 Å². The Bertz CT molecular complexity index is 323. The van der Waals surface area contributed by atoms with Crippen LogP contribution < -0.4 is 16.2 Å². The first-order valence-corrected chi connectivity index (χ1v) is 5.77. The highest BCUT2D eigenvalue weighted by molar-refractivity contribution is 9.10. The van der Waals surface area contributed by atoms with E-state index in [-0.39, 0.29) is 18.4 Å². The first kappa shape index (κ1) is 15.7. The van der Waals surface area contributed by atoms with Crippen LogP contribution in [0.4, 0.5) is 0 Å². The third-order valence-corrected chi connectivity index (χ3v) is 3.04. The fourth-order valence-electron chi connectivity index (χ4n) is 1.43. The fraction of sp³-hybridized carbons (Fsp3) is 0.455. The van der Waals surface area contributed by atoms with Crippen LogP contribution in [-0.4, -0.2) is 13.7 Å². The number of rotatable bonds is 5. The molecule has 4 N–H and O–H groups in total. The molecular weight excluding hydrogens is 291 g/mol. The van der Waals surface area contributed by atoms with E-state index in [1.165, 1.54) is 0 Å². The van der Waals surface area contributed by atoms with Crippen molar-refractivity contribution in [1.29, 1.82) is 0 Å². The molecule has 1 rings (SSSR count). The zero-order valence-corrected chi connectivity index (χ0v) is 11.7. The number of halogens is 2. The van der Waals surface area contributed by atoms with Gasteiger partial charge in [0.05, 0.1) is 7.11 Å². The van der Waals surface area contributed by atoms with Crippen molar-refractivity contribution >= 4 is 28.3 Å². The molecule has 0 fully saturated rings. The Kier molecular flexibility index (Phi) is 7.76. The van der Waals surface area contributed by atoms with Crippen LogP contribution >= 0.6 is 28.3 Å². The van der Waals surface area contributed by atoms with Crippen molar-refractivity contribution in [3.8, 4) is 5.75 Å². The molecule has 0 amide bonds. The molecule has 0 bridgehead atoms. The van der Waals surface area contributed by atoms with Gasteiger partial charge in [0, 0.05) is 10.5 Å². The molecule has 0 heterocycles. The van der Waals surface area contributed by atoms with Crippen molar-refractivity contribution in [1.82, 2.24) is 0 Å². The smallest absolute Gasteiger partial charge is 0.119 e. The lowest BCUT2D eigenvalue weighted by molar-refractivity contribution is 0.413. The summed E-state index contributed by atoms with van der Waals surface area (Å²) in [5, 5.41) is 0. The molecule has 1 atom stereocenters. The van der Waals surface area contributed by atoms with Crippen LogP contribution in [0.5, 0.6) is 5.75 Å². The topological polar surface area (TPSA) is 61.3 Å². The van der Waals surface area contributed by atoms with Crippen molar-refractivity contribution < 1.29 is 4.74 Å². The summed E-state index contributed by atoms with van der Waals surface area (Å²) in [6, 6.07) is 5.84. The van der Waals surface area contributed by atoms with E-state index < -0.39 is 0 Å². The van der Waals surface area contributed by atoms with Gasteiger partial charge in [-0.05, 0) is 43.1 Å². The van der Waals surface area contributed by atoms with Gasteiger partial charge in [0.25, 0.3) is 0 Å². The zero-order valence-electron chi connectivity index (χ0n) is 9.28. The Labute approximate surface area is 111 Å². The van der Waals surface area contributed by atoms with Crippen LogP contribution in [0.2, 0.25) is 0 Å². The van der Waals surface area contributed by atoms with Crippen LogP contribution in [0.25, 0.3) is 0 Å². The first-order valence-electron chi connectivity index (χ1n) is 4.98. The second-order valence-corrected chi connectivity index (χ2v) is 4.28. The third-order valence-electron chi connectivity index (χ3n) is 2.32. The zero-order chi connectivity index (χ0) is 11.3. The fourth-order valence-corrected chi connectivity index (χ4v) is 1.97. The van der Waals surface area contributed by atoms with Crippen molar-refractivity contribution in [2.45, 2.75) is 18.9 Å². The summed E-state index contributed by atoms with van der Waals surface area (Å²) in [7, 11) is 1.65. The van der Waals surface area contributed by atoms with Gasteiger partial charge in [0.2, 0.25) is 0 Å². The highest BCUT2D eigenvalue weighted by atomic mass is 79.9. The van der Waals surface area contributed by atoms with E-state index in [1.54, 1.807) is 7.11 Å². The molecule has 1 aromatic rings. The predicted molar refractivity (Wildman–Crippen MR) is 73.2 cm³/mol. The van der Waals surface area contributed by atoms with E-state index in [0.29, 0.717) is 6.54 Å². The third kappa shape index (κ3) is 4.29. The number of ether oxygens (including phenoxy) is 1. The van der Waals surface area contributed by atoms with Crippen molar-refractivity contribution in [2.75, 3.05) is 13.7 Å². The Morgan fingerprint density at radius 2 is 2.12 bits per heavy atom. The number of hydrogen-bond acceptors (Lipinski definition) is 3. The summed E-state index contributed by atoms with van der Waals surface area (Å²) >= 11 is 3.49. The molecule has 0 aliphatic carbocycles. The van der Waals surface area contributed by atoms with Gasteiger partial charge in [-0.1, -0.05) is 15.9 Å². The summed E-state index contributed by atoms with van der Waals surface area (Å²) in [5.74, 6) is 0.830. The highest BCUT2D eigenvalue weighted by Crippen LogP contribution is 2.28. The van der Waals surface area contributed by atoms with Crippen molar-refractivity contribution in [3.63, 3.8) is 0 Å². The van der Waals surface area contributed by atoms with Crippen LogP contribution in [0.15, 0.2) is 22.7 Å². The number of benzene rings is 1. The molecular formula is C11H18BrClN2O. The van der Waals surface area contributed by atoms with Gasteiger partial charge in [-0.3, -0.25) is 0 Å². The van der Waals surface area contributed by atoms with E-state index in [9.17, 15) is 0 Å². The SMILES string of the molecule is COc1ccc(Br)c([C@@H](N)CCCN)c1.Cl. The largest absolute Gasteiger partial charge is 0.497 e. The van der Waals surface area contributed by atoms with Gasteiger partial charge in [0.1, 0.15) is 5.75 Å². The monoisotopic (exact) mass is 308 g/mol. The maximum absolute atomic E-state index is 6.06. The molecule has 0 radical (unpaired) electrons. The molecule has 0 aromatic heterocycles. The first-order chi connectivity index (χ1) is 7.19. The van der Waals surface area contributed by atoms with E-state index >= 15 is 0 Å². The Morgan fingerprint density at radius 3 is 2.69 bits per heavy atom. The summed E-state index contributed by atoms with van der Waals surface area (Å²) in [4.78, 5) is 0. The molecule has 92 valence electrons. The summed E-state index contributed by atoms with van der Waals surface area (Å²) in [6.07, 6.45) is 1.83. The molecule has 0 aliphatic rings. The normalized spacial score (nSPS) is 11.8. The summed E-state index contributed by atoms with van der Waals surface area (Å²) in [5.41, 5.74) is 12.6. The Hall–Kier alpha value is -0.290. The van der Waals surface area contributed by atoms with E-state index in [0.717, 1.165) is 28.6 Å². The quantitative estimate of drug-likeness (QED) is 0.879. The summed E-state index contributed by atoms with van der Waals surface area (Å²) in [6.45, 7) is 0.676. The molecule has 3 nitrogen and oxygen atoms in total. The van der Waals surface area contributed by atoms with Crippen LogP contribution in [0.3, 0.4) is 0 Å². The molecule has 16 heavy (non-hydrogen) atoms. The highest BCUT2D eigenvalue weighted by Gasteiger charge is 2.10. The van der Waals surface area contributed by atoms with Gasteiger partial charge in [0.15, 0.2) is 0 Å². The van der Waals surface area contributed by atoms with Crippen molar-refractivity contribution in [2.24, 2.45) is 11.5 Å². The average molecular weight is 310 g/mol. The standard InChI is InChI=1S/C11H17BrN2O.ClH/c1-15-8-4-5-10(12)9(7-8)11(14)3-2-6-13;/h4-5,7,11H,2-3,6,13-14H2,1H3;1H/t11-;/m0./s1. The van der Waals surface area contributed by atoms with Gasteiger partial charge in [-0.25, -0.2) is 0 Å². The van der Waals surface area contributed by atoms with E-state index in [1.807, 2.05) is 18.2 Å². The number of methoxy groups -OCH3 is 1. The minimum atomic E-state index is 0. The molecule has 1 aromatic carbocycles. The summed E-state index contributed by atoms with van der Waals surface area (Å²) < 4.78 is 6.18. The second-order valence-electron chi connectivity index (χ2n) is 3.42. The Morgan fingerprint density at radius 1 is 1.44 bits per heavy atom. The minimum Gasteiger partial charge on any atom is -0.497 e. The van der Waals surface area contributed by atoms with Crippen LogP contribution in [0.1, 0.15) is 24.4 Å². The van der Waals surface area contributed by atoms with Gasteiger partial charge in [-0.2, -0.15) is 0 Å². The van der Waals surface area contributed by atoms with E-state index in [2.05, 4.69) is 15.9 Å². The molecule has 0 saturated heterocycles. The lowest BCUT2D eigenvalue weighted by Gasteiger charge is -2.14.